The number of carbonyl (C=O) groups excluding carboxylic acids is 2. The number of nitrogens with one attached hydrogen (secondary N) is 2. The van der Waals surface area contributed by atoms with E-state index in [9.17, 15) is 14.7 Å². The number of halogens is 1. The van der Waals surface area contributed by atoms with E-state index in [4.69, 9.17) is 4.74 Å². The van der Waals surface area contributed by atoms with Crippen LogP contribution in [0.1, 0.15) is 59.2 Å². The molecule has 1 fully saturated rings. The fraction of sp³-hybridized carbons (Fsp3) is 0.459. The molecule has 0 bridgehead atoms. The minimum Gasteiger partial charge on any atom is -0.453 e. The van der Waals surface area contributed by atoms with Gasteiger partial charge in [-0.05, 0) is 101 Å². The monoisotopic (exact) mass is 632 g/mol. The zero-order valence-electron chi connectivity index (χ0n) is 27.7. The molecule has 3 aromatic carbocycles. The van der Waals surface area contributed by atoms with Crippen LogP contribution >= 0.6 is 0 Å². The van der Waals surface area contributed by atoms with E-state index in [0.717, 1.165) is 37.2 Å². The van der Waals surface area contributed by atoms with Crippen LogP contribution in [0.15, 0.2) is 66.7 Å². The molecule has 4 rings (SSSR count). The molecule has 2 amide bonds. The molecule has 0 spiro atoms. The van der Waals surface area contributed by atoms with E-state index < -0.39 is 17.5 Å². The molecule has 0 aliphatic carbocycles. The molecule has 1 unspecified atom stereocenters. The van der Waals surface area contributed by atoms with Crippen LogP contribution < -0.4 is 10.6 Å². The molecule has 9 heteroatoms. The Morgan fingerprint density at radius 2 is 1.83 bits per heavy atom. The van der Waals surface area contributed by atoms with Crippen molar-refractivity contribution in [1.82, 2.24) is 20.4 Å². The van der Waals surface area contributed by atoms with Crippen LogP contribution in [0.25, 0.3) is 11.1 Å². The summed E-state index contributed by atoms with van der Waals surface area (Å²) in [7, 11) is 5.44. The van der Waals surface area contributed by atoms with Gasteiger partial charge in [0.05, 0.1) is 12.7 Å². The number of benzene rings is 3. The second-order valence-corrected chi connectivity index (χ2v) is 12.6. The van der Waals surface area contributed by atoms with Gasteiger partial charge in [0.2, 0.25) is 0 Å². The normalized spacial score (nSPS) is 16.2. The Balaban J connectivity index is 1.55. The predicted octanol–water partition coefficient (Wildman–Crippen LogP) is 5.72. The van der Waals surface area contributed by atoms with Gasteiger partial charge in [-0.2, -0.15) is 0 Å². The van der Waals surface area contributed by atoms with Gasteiger partial charge in [0, 0.05) is 43.2 Å². The Morgan fingerprint density at radius 3 is 2.54 bits per heavy atom. The van der Waals surface area contributed by atoms with Crippen molar-refractivity contribution in [2.75, 3.05) is 53.9 Å². The Labute approximate surface area is 272 Å². The molecule has 0 saturated carbocycles. The Kier molecular flexibility index (Phi) is 12.7. The van der Waals surface area contributed by atoms with Gasteiger partial charge >= 0.3 is 6.09 Å². The number of nitrogens with zero attached hydrogens (tertiary/aromatic N) is 2. The van der Waals surface area contributed by atoms with Gasteiger partial charge in [-0.25, -0.2) is 9.18 Å². The molecule has 2 atom stereocenters. The summed E-state index contributed by atoms with van der Waals surface area (Å²) in [4.78, 5) is 29.4. The number of hydrogen-bond donors (Lipinski definition) is 3. The van der Waals surface area contributed by atoms with Crippen molar-refractivity contribution >= 4 is 12.0 Å². The first-order valence-corrected chi connectivity index (χ1v) is 16.3. The molecule has 1 aliphatic rings. The van der Waals surface area contributed by atoms with E-state index in [2.05, 4.69) is 29.6 Å². The standard InChI is InChI=1S/C37H49FN4O4/c1-27-10-5-11-30(24-27)34-32(13-6-14-33(34)38)37(45,19-8-21-40-36(44)46-4)31-12-7-23-42(26-31)35(43)29-17-15-28(16-18-29)25-39-20-9-22-41(2)3/h5-6,10-11,13-18,24,31,39,45H,7-9,12,19-23,25-26H2,1-4H3,(H,40,44)/t31-,37?/m1/s1. The molecule has 8 nitrogen and oxygen atoms in total. The van der Waals surface area contributed by atoms with E-state index in [1.165, 1.54) is 13.2 Å². The number of alkyl carbamates (subject to hydrolysis) is 1. The summed E-state index contributed by atoms with van der Waals surface area (Å²) in [5.41, 5.74) is 2.80. The van der Waals surface area contributed by atoms with Crippen molar-refractivity contribution < 1.29 is 23.8 Å². The highest BCUT2D eigenvalue weighted by Gasteiger charge is 2.43. The predicted molar refractivity (Wildman–Crippen MR) is 180 cm³/mol. The summed E-state index contributed by atoms with van der Waals surface area (Å²) in [6.07, 6.45) is 2.61. The third-order valence-electron chi connectivity index (χ3n) is 8.85. The van der Waals surface area contributed by atoms with E-state index in [0.29, 0.717) is 54.6 Å². The lowest BCUT2D eigenvalue weighted by Gasteiger charge is -2.43. The second-order valence-electron chi connectivity index (χ2n) is 12.6. The molecule has 1 heterocycles. The Morgan fingerprint density at radius 1 is 1.07 bits per heavy atom. The first-order valence-electron chi connectivity index (χ1n) is 16.3. The topological polar surface area (TPSA) is 94.1 Å². The number of methoxy groups -OCH3 is 1. The maximum atomic E-state index is 15.7. The molecular weight excluding hydrogens is 583 g/mol. The SMILES string of the molecule is COC(=O)NCCCC(O)(c1cccc(F)c1-c1cccc(C)c1)[C@@H]1CCCN(C(=O)c2ccc(CNCCCN(C)C)cc2)C1. The minimum absolute atomic E-state index is 0.0805. The molecule has 0 radical (unpaired) electrons. The number of carbonyl (C=O) groups is 2. The van der Waals surface area contributed by atoms with Crippen molar-refractivity contribution in [2.24, 2.45) is 5.92 Å². The number of rotatable bonds is 14. The van der Waals surface area contributed by atoms with E-state index >= 15 is 4.39 Å². The zero-order chi connectivity index (χ0) is 33.1. The lowest BCUT2D eigenvalue weighted by Crippen LogP contribution is -2.48. The molecule has 3 aromatic rings. The lowest BCUT2D eigenvalue weighted by atomic mass is 9.72. The lowest BCUT2D eigenvalue weighted by molar-refractivity contribution is -0.0564. The van der Waals surface area contributed by atoms with E-state index in [1.807, 2.05) is 60.4 Å². The molecular formula is C37H49FN4O4. The second kappa shape index (κ2) is 16.7. The maximum Gasteiger partial charge on any atom is 0.406 e. The van der Waals surface area contributed by atoms with Gasteiger partial charge in [-0.3, -0.25) is 4.79 Å². The Bertz CT molecular complexity index is 1450. The average molecular weight is 633 g/mol. The summed E-state index contributed by atoms with van der Waals surface area (Å²) in [6.45, 7) is 5.85. The first kappa shape index (κ1) is 35.1. The fourth-order valence-electron chi connectivity index (χ4n) is 6.41. The van der Waals surface area contributed by atoms with Crippen LogP contribution in [0.4, 0.5) is 9.18 Å². The third-order valence-corrected chi connectivity index (χ3v) is 8.85. The van der Waals surface area contributed by atoms with Gasteiger partial charge in [0.1, 0.15) is 5.82 Å². The van der Waals surface area contributed by atoms with Crippen molar-refractivity contribution in [3.8, 4) is 11.1 Å². The zero-order valence-corrected chi connectivity index (χ0v) is 27.7. The number of aryl methyl sites for hydroxylation is 1. The molecule has 248 valence electrons. The molecule has 3 N–H and O–H groups in total. The van der Waals surface area contributed by atoms with Gasteiger partial charge in [-0.1, -0.05) is 54.1 Å². The van der Waals surface area contributed by atoms with Crippen molar-refractivity contribution in [2.45, 2.75) is 51.2 Å². The van der Waals surface area contributed by atoms with Crippen LogP contribution in [0.2, 0.25) is 0 Å². The van der Waals surface area contributed by atoms with Crippen LogP contribution in [-0.2, 0) is 16.9 Å². The van der Waals surface area contributed by atoms with Crippen LogP contribution in [0.5, 0.6) is 0 Å². The Hall–Kier alpha value is -3.79. The first-order chi connectivity index (χ1) is 22.1. The number of hydrogen-bond acceptors (Lipinski definition) is 6. The van der Waals surface area contributed by atoms with Crippen LogP contribution in [0.3, 0.4) is 0 Å². The fourth-order valence-corrected chi connectivity index (χ4v) is 6.41. The third kappa shape index (κ3) is 9.15. The van der Waals surface area contributed by atoms with Crippen molar-refractivity contribution in [3.05, 3.63) is 94.8 Å². The highest BCUT2D eigenvalue weighted by molar-refractivity contribution is 5.94. The van der Waals surface area contributed by atoms with Crippen molar-refractivity contribution in [3.63, 3.8) is 0 Å². The van der Waals surface area contributed by atoms with Crippen molar-refractivity contribution in [1.29, 1.82) is 0 Å². The summed E-state index contributed by atoms with van der Waals surface area (Å²) in [5.74, 6) is -0.840. The minimum atomic E-state index is -1.46. The number of ether oxygens (including phenoxy) is 1. The summed E-state index contributed by atoms with van der Waals surface area (Å²) in [5, 5.41) is 18.8. The van der Waals surface area contributed by atoms with Gasteiger partial charge in [0.15, 0.2) is 0 Å². The quantitative estimate of drug-likeness (QED) is 0.197. The maximum absolute atomic E-state index is 15.7. The van der Waals surface area contributed by atoms with Crippen LogP contribution in [-0.4, -0.2) is 80.8 Å². The molecule has 0 aromatic heterocycles. The molecule has 46 heavy (non-hydrogen) atoms. The van der Waals surface area contributed by atoms with E-state index in [-0.39, 0.29) is 24.8 Å². The highest BCUT2D eigenvalue weighted by Crippen LogP contribution is 2.44. The molecule has 1 saturated heterocycles. The van der Waals surface area contributed by atoms with Crippen LogP contribution in [0, 0.1) is 18.7 Å². The smallest absolute Gasteiger partial charge is 0.406 e. The molecule has 1 aliphatic heterocycles. The average Bonchev–Trinajstić information content (AvgIpc) is 3.06. The van der Waals surface area contributed by atoms with Gasteiger partial charge < -0.3 is 30.3 Å². The van der Waals surface area contributed by atoms with Gasteiger partial charge in [-0.15, -0.1) is 0 Å². The number of piperidine rings is 1. The van der Waals surface area contributed by atoms with Gasteiger partial charge in [0.25, 0.3) is 5.91 Å². The largest absolute Gasteiger partial charge is 0.453 e. The van der Waals surface area contributed by atoms with E-state index in [1.54, 1.807) is 12.1 Å². The summed E-state index contributed by atoms with van der Waals surface area (Å²) < 4.78 is 20.4. The number of likely N-dealkylation sites (tertiary alicyclic amines) is 1. The summed E-state index contributed by atoms with van der Waals surface area (Å²) >= 11 is 0. The highest BCUT2D eigenvalue weighted by atomic mass is 19.1. The number of aliphatic hydroxyl groups is 1. The number of amides is 2. The summed E-state index contributed by atoms with van der Waals surface area (Å²) in [6, 6.07) is 20.2.